The molecule has 0 saturated carbocycles. The van der Waals surface area contributed by atoms with Gasteiger partial charge in [0.25, 0.3) is 0 Å². The van der Waals surface area contributed by atoms with E-state index < -0.39 is 12.3 Å². The van der Waals surface area contributed by atoms with Crippen LogP contribution in [0, 0.1) is 0 Å². The number of benzene rings is 3. The van der Waals surface area contributed by atoms with Gasteiger partial charge in [-0.3, -0.25) is 0 Å². The fourth-order valence-electron chi connectivity index (χ4n) is 3.43. The zero-order valence-electron chi connectivity index (χ0n) is 15.4. The van der Waals surface area contributed by atoms with Gasteiger partial charge in [0.2, 0.25) is 6.23 Å². The Hall–Kier alpha value is -2.02. The molecule has 4 nitrogen and oxygen atoms in total. The van der Waals surface area contributed by atoms with Gasteiger partial charge >= 0.3 is 0 Å². The first kappa shape index (κ1) is 19.3. The van der Waals surface area contributed by atoms with E-state index in [1.165, 1.54) is 0 Å². The minimum absolute atomic E-state index is 0.587. The minimum atomic E-state index is -0.729. The lowest BCUT2D eigenvalue weighted by molar-refractivity contribution is 0.00670. The van der Waals surface area contributed by atoms with Gasteiger partial charge in [0, 0.05) is 19.7 Å². The van der Waals surface area contributed by atoms with Crippen molar-refractivity contribution in [1.29, 1.82) is 0 Å². The molecule has 0 aliphatic heterocycles. The van der Waals surface area contributed by atoms with Crippen LogP contribution in [0.25, 0.3) is 21.8 Å². The highest BCUT2D eigenvalue weighted by Gasteiger charge is 2.24. The summed E-state index contributed by atoms with van der Waals surface area (Å²) in [7, 11) is 1.63. The number of hydrogen-bond donors (Lipinski definition) is 1. The molecule has 0 radical (unpaired) electrons. The van der Waals surface area contributed by atoms with E-state index in [1.807, 2.05) is 48.5 Å². The van der Waals surface area contributed by atoms with Crippen LogP contribution in [-0.4, -0.2) is 22.9 Å². The lowest BCUT2D eigenvalue weighted by Gasteiger charge is -2.25. The van der Waals surface area contributed by atoms with Crippen LogP contribution in [0.3, 0.4) is 0 Å². The van der Waals surface area contributed by atoms with E-state index in [9.17, 15) is 5.11 Å². The van der Waals surface area contributed by atoms with Crippen LogP contribution in [0.2, 0.25) is 0 Å². The first-order valence-electron chi connectivity index (χ1n) is 8.85. The molecular weight excluding hydrogens is 486 g/mol. The smallest absolute Gasteiger partial charge is 0.202 e. The standard InChI is InChI=1S/C22H19Br2NO3/c1-13(26)22(28-17-7-5-16(27-2)6-8-17)25-20-9-3-14(23)11-18(20)19-12-15(24)4-10-21(19)25/h3-13,22,26H,1-2H3. The Morgan fingerprint density at radius 3 is 1.79 bits per heavy atom. The Morgan fingerprint density at radius 2 is 1.32 bits per heavy atom. The van der Waals surface area contributed by atoms with Crippen molar-refractivity contribution in [3.8, 4) is 11.5 Å². The zero-order valence-corrected chi connectivity index (χ0v) is 18.6. The summed E-state index contributed by atoms with van der Waals surface area (Å²) in [4.78, 5) is 0. The van der Waals surface area contributed by atoms with Gasteiger partial charge in [-0.1, -0.05) is 31.9 Å². The third-order valence-electron chi connectivity index (χ3n) is 4.71. The second-order valence-corrected chi connectivity index (χ2v) is 8.45. The molecule has 2 atom stereocenters. The average molecular weight is 505 g/mol. The fraction of sp³-hybridized carbons (Fsp3) is 0.182. The van der Waals surface area contributed by atoms with E-state index in [2.05, 4.69) is 48.6 Å². The largest absolute Gasteiger partial charge is 0.497 e. The summed E-state index contributed by atoms with van der Waals surface area (Å²) in [6.45, 7) is 1.74. The number of fused-ring (bicyclic) bond motifs is 3. The van der Waals surface area contributed by atoms with Crippen molar-refractivity contribution in [3.63, 3.8) is 0 Å². The summed E-state index contributed by atoms with van der Waals surface area (Å²) in [5.74, 6) is 1.42. The molecule has 4 aromatic rings. The molecule has 28 heavy (non-hydrogen) atoms. The molecule has 2 unspecified atom stereocenters. The number of ether oxygens (including phenoxy) is 2. The van der Waals surface area contributed by atoms with Crippen LogP contribution in [-0.2, 0) is 0 Å². The predicted octanol–water partition coefficient (Wildman–Crippen LogP) is 6.29. The van der Waals surface area contributed by atoms with Gasteiger partial charge in [0.05, 0.1) is 18.1 Å². The summed E-state index contributed by atoms with van der Waals surface area (Å²) in [6.07, 6.45) is -1.32. The van der Waals surface area contributed by atoms with E-state index in [1.54, 1.807) is 14.0 Å². The molecule has 3 aromatic carbocycles. The molecule has 0 spiro atoms. The Labute approximate surface area is 179 Å². The van der Waals surface area contributed by atoms with E-state index >= 15 is 0 Å². The average Bonchev–Trinajstić information content (AvgIpc) is 2.99. The molecule has 0 bridgehead atoms. The number of methoxy groups -OCH3 is 1. The van der Waals surface area contributed by atoms with E-state index in [0.29, 0.717) is 5.75 Å². The third kappa shape index (κ3) is 3.52. The molecule has 144 valence electrons. The van der Waals surface area contributed by atoms with Crippen LogP contribution in [0.15, 0.2) is 69.6 Å². The van der Waals surface area contributed by atoms with Gasteiger partial charge < -0.3 is 19.1 Å². The molecule has 1 heterocycles. The Morgan fingerprint density at radius 1 is 0.821 bits per heavy atom. The minimum Gasteiger partial charge on any atom is -0.497 e. The molecular formula is C22H19Br2NO3. The summed E-state index contributed by atoms with van der Waals surface area (Å²) >= 11 is 7.13. The summed E-state index contributed by atoms with van der Waals surface area (Å²) < 4.78 is 15.5. The monoisotopic (exact) mass is 503 g/mol. The van der Waals surface area contributed by atoms with Crippen LogP contribution in [0.1, 0.15) is 13.2 Å². The summed E-state index contributed by atoms with van der Waals surface area (Å²) in [5.41, 5.74) is 1.99. The maximum Gasteiger partial charge on any atom is 0.202 e. The topological polar surface area (TPSA) is 43.6 Å². The predicted molar refractivity (Wildman–Crippen MR) is 119 cm³/mol. The van der Waals surface area contributed by atoms with Crippen LogP contribution in [0.4, 0.5) is 0 Å². The van der Waals surface area contributed by atoms with Gasteiger partial charge in [0.1, 0.15) is 17.6 Å². The van der Waals surface area contributed by atoms with Crippen LogP contribution in [0.5, 0.6) is 11.5 Å². The number of aliphatic hydroxyl groups excluding tert-OH is 1. The molecule has 0 aliphatic rings. The maximum absolute atomic E-state index is 10.6. The van der Waals surface area contributed by atoms with Crippen molar-refractivity contribution >= 4 is 53.7 Å². The summed E-state index contributed by atoms with van der Waals surface area (Å²) in [6, 6.07) is 19.6. The molecule has 0 aliphatic carbocycles. The first-order chi connectivity index (χ1) is 13.5. The van der Waals surface area contributed by atoms with Gasteiger partial charge in [-0.25, -0.2) is 0 Å². The maximum atomic E-state index is 10.6. The van der Waals surface area contributed by atoms with E-state index in [0.717, 1.165) is 36.5 Å². The number of aromatic nitrogens is 1. The van der Waals surface area contributed by atoms with Gasteiger partial charge in [-0.15, -0.1) is 0 Å². The van der Waals surface area contributed by atoms with Crippen LogP contribution >= 0.6 is 31.9 Å². The van der Waals surface area contributed by atoms with Gasteiger partial charge in [0.15, 0.2) is 0 Å². The van der Waals surface area contributed by atoms with Crippen molar-refractivity contribution in [2.75, 3.05) is 7.11 Å². The second-order valence-electron chi connectivity index (χ2n) is 6.62. The molecule has 4 rings (SSSR count). The van der Waals surface area contributed by atoms with Crippen LogP contribution < -0.4 is 9.47 Å². The molecule has 6 heteroatoms. The number of nitrogens with zero attached hydrogens (tertiary/aromatic N) is 1. The normalized spacial score (nSPS) is 13.6. The third-order valence-corrected chi connectivity index (χ3v) is 5.70. The lowest BCUT2D eigenvalue weighted by atomic mass is 10.2. The van der Waals surface area contributed by atoms with Crippen molar-refractivity contribution in [2.45, 2.75) is 19.3 Å². The van der Waals surface area contributed by atoms with Crippen molar-refractivity contribution in [3.05, 3.63) is 69.6 Å². The molecule has 0 fully saturated rings. The van der Waals surface area contributed by atoms with Gasteiger partial charge in [-0.05, 0) is 67.6 Å². The quantitative estimate of drug-likeness (QED) is 0.347. The number of aliphatic hydroxyl groups is 1. The molecule has 1 aromatic heterocycles. The number of hydrogen-bond acceptors (Lipinski definition) is 3. The first-order valence-corrected chi connectivity index (χ1v) is 10.4. The highest BCUT2D eigenvalue weighted by atomic mass is 79.9. The summed E-state index contributed by atoms with van der Waals surface area (Å²) in [5, 5.41) is 12.8. The Kier molecular flexibility index (Phi) is 5.36. The van der Waals surface area contributed by atoms with Gasteiger partial charge in [-0.2, -0.15) is 0 Å². The number of rotatable bonds is 5. The SMILES string of the molecule is COc1ccc(OC(C(C)O)n2c3ccc(Br)cc3c3cc(Br)ccc32)cc1. The Bertz CT molecular complexity index is 1080. The lowest BCUT2D eigenvalue weighted by Crippen LogP contribution is -2.26. The van der Waals surface area contributed by atoms with Crippen molar-refractivity contribution < 1.29 is 14.6 Å². The molecule has 0 saturated heterocycles. The van der Waals surface area contributed by atoms with Crippen molar-refractivity contribution in [2.24, 2.45) is 0 Å². The fourth-order valence-corrected chi connectivity index (χ4v) is 4.15. The van der Waals surface area contributed by atoms with Crippen molar-refractivity contribution in [1.82, 2.24) is 4.57 Å². The highest BCUT2D eigenvalue weighted by molar-refractivity contribution is 9.10. The number of halogens is 2. The highest BCUT2D eigenvalue weighted by Crippen LogP contribution is 2.37. The van der Waals surface area contributed by atoms with E-state index in [4.69, 9.17) is 9.47 Å². The van der Waals surface area contributed by atoms with E-state index in [-0.39, 0.29) is 0 Å². The molecule has 1 N–H and O–H groups in total. The second kappa shape index (κ2) is 7.78. The zero-order chi connectivity index (χ0) is 19.8. The molecule has 0 amide bonds. The Balaban J connectivity index is 1.89.